The van der Waals surface area contributed by atoms with Gasteiger partial charge in [0.2, 0.25) is 0 Å². The Morgan fingerprint density at radius 3 is 1.65 bits per heavy atom. The van der Waals surface area contributed by atoms with Crippen LogP contribution in [0.2, 0.25) is 0 Å². The number of unbranched alkanes of at least 4 members (excludes halogenated alkanes) is 5. The molecule has 0 heterocycles. The number of esters is 1. The highest BCUT2D eigenvalue weighted by Crippen LogP contribution is 2.19. The lowest BCUT2D eigenvalue weighted by Gasteiger charge is -2.10. The number of carbonyl (C=O) groups is 4. The molecule has 0 bridgehead atoms. The van der Waals surface area contributed by atoms with Crippen LogP contribution in [0.1, 0.15) is 86.9 Å². The first-order valence-corrected chi connectivity index (χ1v) is 8.34. The molecule has 0 aliphatic rings. The van der Waals surface area contributed by atoms with Crippen molar-refractivity contribution in [2.75, 3.05) is 6.61 Å². The maximum absolute atomic E-state index is 12.1. The number of carboxylic acids is 3. The molecule has 0 aliphatic carbocycles. The fourth-order valence-electron chi connectivity index (χ4n) is 2.42. The molecular weight excluding hydrogens is 344 g/mol. The van der Waals surface area contributed by atoms with Gasteiger partial charge in [-0.05, 0) is 18.6 Å². The zero-order chi connectivity index (χ0) is 19.7. The van der Waals surface area contributed by atoms with E-state index in [9.17, 15) is 24.3 Å². The molecule has 8 heteroatoms. The van der Waals surface area contributed by atoms with Crippen LogP contribution in [-0.2, 0) is 4.74 Å². The molecule has 0 amide bonds. The summed E-state index contributed by atoms with van der Waals surface area (Å²) in [6.07, 6.45) is 5.81. The predicted molar refractivity (Wildman–Crippen MR) is 91.0 cm³/mol. The largest absolute Gasteiger partial charge is 0.478 e. The van der Waals surface area contributed by atoms with Crippen LogP contribution in [0.5, 0.6) is 0 Å². The van der Waals surface area contributed by atoms with Crippen molar-refractivity contribution in [1.82, 2.24) is 0 Å². The van der Waals surface area contributed by atoms with Crippen molar-refractivity contribution in [3.05, 3.63) is 34.4 Å². The minimum absolute atomic E-state index is 0.0765. The zero-order valence-corrected chi connectivity index (χ0v) is 14.5. The maximum Gasteiger partial charge on any atom is 0.339 e. The molecule has 142 valence electrons. The molecule has 0 unspecified atom stereocenters. The van der Waals surface area contributed by atoms with Gasteiger partial charge in [-0.3, -0.25) is 0 Å². The summed E-state index contributed by atoms with van der Waals surface area (Å²) in [5.74, 6) is -5.72. The van der Waals surface area contributed by atoms with Gasteiger partial charge in [0, 0.05) is 0 Å². The minimum atomic E-state index is -1.60. The van der Waals surface area contributed by atoms with E-state index < -0.39 is 46.1 Å². The number of benzene rings is 1. The lowest BCUT2D eigenvalue weighted by Crippen LogP contribution is -2.17. The van der Waals surface area contributed by atoms with Crippen molar-refractivity contribution in [3.8, 4) is 0 Å². The lowest BCUT2D eigenvalue weighted by atomic mass is 9.98. The molecule has 1 rings (SSSR count). The Hall–Kier alpha value is -2.90. The SMILES string of the molecule is CCCCCCCCOC(=O)c1cc(C(=O)O)c(C(=O)O)cc1C(=O)O. The van der Waals surface area contributed by atoms with Crippen LogP contribution in [0, 0.1) is 0 Å². The van der Waals surface area contributed by atoms with Crippen molar-refractivity contribution in [2.45, 2.75) is 45.4 Å². The van der Waals surface area contributed by atoms with Crippen LogP contribution in [0.3, 0.4) is 0 Å². The van der Waals surface area contributed by atoms with E-state index in [-0.39, 0.29) is 6.61 Å². The maximum atomic E-state index is 12.1. The number of rotatable bonds is 11. The number of hydrogen-bond donors (Lipinski definition) is 3. The minimum Gasteiger partial charge on any atom is -0.478 e. The highest BCUT2D eigenvalue weighted by atomic mass is 16.5. The molecule has 0 spiro atoms. The van der Waals surface area contributed by atoms with Crippen LogP contribution < -0.4 is 0 Å². The Morgan fingerprint density at radius 1 is 0.731 bits per heavy atom. The van der Waals surface area contributed by atoms with Crippen molar-refractivity contribution >= 4 is 23.9 Å². The van der Waals surface area contributed by atoms with Gasteiger partial charge in [0.25, 0.3) is 0 Å². The number of hydrogen-bond acceptors (Lipinski definition) is 5. The van der Waals surface area contributed by atoms with E-state index >= 15 is 0 Å². The highest BCUT2D eigenvalue weighted by molar-refractivity contribution is 6.09. The second-order valence-electron chi connectivity index (χ2n) is 5.76. The van der Waals surface area contributed by atoms with Crippen LogP contribution in [-0.4, -0.2) is 45.8 Å². The molecule has 0 fully saturated rings. The standard InChI is InChI=1S/C18H22O8/c1-2-3-4-5-6-7-8-26-18(25)14-10-12(16(21)22)11(15(19)20)9-13(14)17(23)24/h9-10H,2-8H2,1H3,(H,19,20)(H,21,22)(H,23,24). The molecule has 0 atom stereocenters. The Morgan fingerprint density at radius 2 is 1.15 bits per heavy atom. The second-order valence-corrected chi connectivity index (χ2v) is 5.76. The van der Waals surface area contributed by atoms with Crippen molar-refractivity contribution < 1.29 is 39.2 Å². The van der Waals surface area contributed by atoms with Crippen LogP contribution in [0.25, 0.3) is 0 Å². The Labute approximate surface area is 150 Å². The van der Waals surface area contributed by atoms with Gasteiger partial charge in [0.15, 0.2) is 0 Å². The van der Waals surface area contributed by atoms with Gasteiger partial charge in [0.05, 0.1) is 28.9 Å². The zero-order valence-electron chi connectivity index (χ0n) is 14.5. The number of carbonyl (C=O) groups excluding carboxylic acids is 1. The molecular formula is C18H22O8. The fourth-order valence-corrected chi connectivity index (χ4v) is 2.42. The van der Waals surface area contributed by atoms with E-state index in [1.807, 2.05) is 0 Å². The van der Waals surface area contributed by atoms with E-state index in [0.29, 0.717) is 12.5 Å². The van der Waals surface area contributed by atoms with Gasteiger partial charge in [0.1, 0.15) is 0 Å². The molecule has 26 heavy (non-hydrogen) atoms. The Kier molecular flexibility index (Phi) is 8.27. The lowest BCUT2D eigenvalue weighted by molar-refractivity contribution is 0.0486. The monoisotopic (exact) mass is 366 g/mol. The Balaban J connectivity index is 2.91. The Bertz CT molecular complexity index is 693. The molecule has 8 nitrogen and oxygen atoms in total. The smallest absolute Gasteiger partial charge is 0.339 e. The van der Waals surface area contributed by atoms with Gasteiger partial charge in [-0.2, -0.15) is 0 Å². The van der Waals surface area contributed by atoms with Crippen LogP contribution in [0.4, 0.5) is 0 Å². The molecule has 0 radical (unpaired) electrons. The van der Waals surface area contributed by atoms with E-state index in [1.165, 1.54) is 0 Å². The summed E-state index contributed by atoms with van der Waals surface area (Å²) in [5.41, 5.74) is -2.47. The first-order valence-electron chi connectivity index (χ1n) is 8.34. The quantitative estimate of drug-likeness (QED) is 0.400. The van der Waals surface area contributed by atoms with Crippen molar-refractivity contribution in [1.29, 1.82) is 0 Å². The molecule has 0 aliphatic heterocycles. The molecule has 3 N–H and O–H groups in total. The van der Waals surface area contributed by atoms with Crippen LogP contribution >= 0.6 is 0 Å². The van der Waals surface area contributed by atoms with Gasteiger partial charge >= 0.3 is 23.9 Å². The summed E-state index contributed by atoms with van der Waals surface area (Å²) < 4.78 is 5.02. The van der Waals surface area contributed by atoms with Gasteiger partial charge < -0.3 is 20.1 Å². The van der Waals surface area contributed by atoms with Crippen molar-refractivity contribution in [3.63, 3.8) is 0 Å². The third-order valence-electron chi connectivity index (χ3n) is 3.80. The topological polar surface area (TPSA) is 138 Å². The molecule has 0 saturated heterocycles. The number of carboxylic acid groups (broad SMARTS) is 3. The normalized spacial score (nSPS) is 10.3. The highest BCUT2D eigenvalue weighted by Gasteiger charge is 2.26. The van der Waals surface area contributed by atoms with E-state index in [0.717, 1.165) is 38.2 Å². The predicted octanol–water partition coefficient (Wildman–Crippen LogP) is 3.30. The summed E-state index contributed by atoms with van der Waals surface area (Å²) >= 11 is 0. The van der Waals surface area contributed by atoms with E-state index in [1.54, 1.807) is 0 Å². The summed E-state index contributed by atoms with van der Waals surface area (Å²) in [5, 5.41) is 27.3. The third-order valence-corrected chi connectivity index (χ3v) is 3.80. The summed E-state index contributed by atoms with van der Waals surface area (Å²) in [6, 6.07) is 1.40. The summed E-state index contributed by atoms with van der Waals surface area (Å²) in [6.45, 7) is 2.18. The molecule has 1 aromatic carbocycles. The van der Waals surface area contributed by atoms with Gasteiger partial charge in [-0.15, -0.1) is 0 Å². The van der Waals surface area contributed by atoms with E-state index in [4.69, 9.17) is 14.9 Å². The molecule has 0 saturated carbocycles. The molecule has 1 aromatic rings. The molecule has 0 aromatic heterocycles. The van der Waals surface area contributed by atoms with Crippen molar-refractivity contribution in [2.24, 2.45) is 0 Å². The second kappa shape index (κ2) is 10.2. The third kappa shape index (κ3) is 5.87. The van der Waals surface area contributed by atoms with E-state index in [2.05, 4.69) is 6.92 Å². The number of ether oxygens (including phenoxy) is 1. The first-order chi connectivity index (χ1) is 12.3. The van der Waals surface area contributed by atoms with Gasteiger partial charge in [-0.1, -0.05) is 39.0 Å². The fraction of sp³-hybridized carbons (Fsp3) is 0.444. The first kappa shape index (κ1) is 21.1. The van der Waals surface area contributed by atoms with Gasteiger partial charge in [-0.25, -0.2) is 19.2 Å². The average Bonchev–Trinajstić information content (AvgIpc) is 2.59. The summed E-state index contributed by atoms with van der Waals surface area (Å²) in [7, 11) is 0. The summed E-state index contributed by atoms with van der Waals surface area (Å²) in [4.78, 5) is 45.8. The number of aromatic carboxylic acids is 3. The van der Waals surface area contributed by atoms with Crippen LogP contribution in [0.15, 0.2) is 12.1 Å². The average molecular weight is 366 g/mol.